The number of halogens is 2. The molecule has 0 atom stereocenters. The number of rotatable bonds is 4. The van der Waals surface area contributed by atoms with Gasteiger partial charge in [-0.2, -0.15) is 0 Å². The Morgan fingerprint density at radius 2 is 1.76 bits per heavy atom. The number of aromatic nitrogens is 1. The zero-order chi connectivity index (χ0) is 15.6. The highest BCUT2D eigenvalue weighted by Gasteiger charge is 2.11. The fraction of sp³-hybridized carbons (Fsp3) is 0.143. The van der Waals surface area contributed by atoms with E-state index in [1.54, 1.807) is 19.2 Å². The number of hydrogen-bond donors (Lipinski definition) is 1. The van der Waals surface area contributed by atoms with Crippen molar-refractivity contribution in [3.05, 3.63) is 44.5 Å². The zero-order valence-corrected chi connectivity index (χ0v) is 15.3. The average Bonchev–Trinajstić information content (AvgIpc) is 2.41. The van der Waals surface area contributed by atoms with E-state index < -0.39 is 0 Å². The first kappa shape index (κ1) is 16.2. The molecule has 7 heteroatoms. The first-order valence-electron chi connectivity index (χ1n) is 5.90. The zero-order valence-electron chi connectivity index (χ0n) is 11.3. The second-order valence-electron chi connectivity index (χ2n) is 4.22. The fourth-order valence-electron chi connectivity index (χ4n) is 1.69. The average molecular weight is 432 g/mol. The third-order valence-electron chi connectivity index (χ3n) is 2.64. The molecule has 0 unspecified atom stereocenters. The van der Waals surface area contributed by atoms with Crippen molar-refractivity contribution in [2.75, 3.05) is 7.11 Å². The van der Waals surface area contributed by atoms with Gasteiger partial charge in [0.05, 0.1) is 16.1 Å². The molecule has 21 heavy (non-hydrogen) atoms. The van der Waals surface area contributed by atoms with E-state index in [9.17, 15) is 0 Å². The molecular formula is C14H12Br2N2O2S. The van der Waals surface area contributed by atoms with Gasteiger partial charge >= 0.3 is 0 Å². The third kappa shape index (κ3) is 3.93. The minimum atomic E-state index is 0.306. The minimum Gasteiger partial charge on any atom is -0.496 e. The summed E-state index contributed by atoms with van der Waals surface area (Å²) in [5, 5.41) is 0. The maximum absolute atomic E-state index is 5.80. The summed E-state index contributed by atoms with van der Waals surface area (Å²) in [7, 11) is 1.60. The van der Waals surface area contributed by atoms with Crippen LogP contribution in [0.1, 0.15) is 11.3 Å². The molecule has 0 aliphatic carbocycles. The van der Waals surface area contributed by atoms with Crippen molar-refractivity contribution < 1.29 is 9.47 Å². The van der Waals surface area contributed by atoms with Crippen LogP contribution in [-0.4, -0.2) is 17.1 Å². The second-order valence-corrected chi connectivity index (χ2v) is 6.37. The van der Waals surface area contributed by atoms with E-state index in [1.165, 1.54) is 0 Å². The molecule has 2 N–H and O–H groups in total. The van der Waals surface area contributed by atoms with Crippen molar-refractivity contribution in [2.45, 2.75) is 6.92 Å². The van der Waals surface area contributed by atoms with E-state index in [0.29, 0.717) is 22.4 Å². The Morgan fingerprint density at radius 1 is 1.14 bits per heavy atom. The fourth-order valence-corrected chi connectivity index (χ4v) is 2.70. The molecule has 4 nitrogen and oxygen atoms in total. The molecule has 0 aliphatic rings. The predicted octanol–water partition coefficient (Wildman–Crippen LogP) is 4.35. The number of pyridine rings is 1. The summed E-state index contributed by atoms with van der Waals surface area (Å²) in [6, 6.07) is 7.13. The number of nitrogens with zero attached hydrogens (tertiary/aromatic N) is 1. The van der Waals surface area contributed by atoms with Crippen molar-refractivity contribution in [1.29, 1.82) is 0 Å². The van der Waals surface area contributed by atoms with Crippen molar-refractivity contribution in [3.63, 3.8) is 0 Å². The van der Waals surface area contributed by atoms with Crippen molar-refractivity contribution >= 4 is 49.1 Å². The van der Waals surface area contributed by atoms with Gasteiger partial charge in [-0.15, -0.1) is 0 Å². The van der Waals surface area contributed by atoms with Gasteiger partial charge in [-0.1, -0.05) is 12.2 Å². The maximum atomic E-state index is 5.80. The highest BCUT2D eigenvalue weighted by atomic mass is 79.9. The normalized spacial score (nSPS) is 10.3. The van der Waals surface area contributed by atoms with Crippen molar-refractivity contribution in [3.8, 4) is 17.4 Å². The number of thiocarbonyl (C=S) groups is 1. The topological polar surface area (TPSA) is 57.4 Å². The van der Waals surface area contributed by atoms with Crippen LogP contribution in [-0.2, 0) is 0 Å². The van der Waals surface area contributed by atoms with E-state index in [1.807, 2.05) is 19.1 Å². The molecule has 1 heterocycles. The monoisotopic (exact) mass is 430 g/mol. The maximum Gasteiger partial charge on any atom is 0.220 e. The van der Waals surface area contributed by atoms with Gasteiger partial charge in [-0.05, 0) is 57.0 Å². The molecule has 0 fully saturated rings. The summed E-state index contributed by atoms with van der Waals surface area (Å²) in [5.41, 5.74) is 7.15. The van der Waals surface area contributed by atoms with Gasteiger partial charge in [0.1, 0.15) is 16.5 Å². The van der Waals surface area contributed by atoms with Gasteiger partial charge in [0.15, 0.2) is 0 Å². The Kier molecular flexibility index (Phi) is 5.18. The largest absolute Gasteiger partial charge is 0.496 e. The van der Waals surface area contributed by atoms with Gasteiger partial charge in [-0.25, -0.2) is 4.98 Å². The highest BCUT2D eigenvalue weighted by molar-refractivity contribution is 9.11. The Hall–Kier alpha value is -1.18. The lowest BCUT2D eigenvalue weighted by Crippen LogP contribution is -2.10. The van der Waals surface area contributed by atoms with Crippen molar-refractivity contribution in [2.24, 2.45) is 5.73 Å². The Labute approximate surface area is 144 Å². The van der Waals surface area contributed by atoms with Gasteiger partial charge in [0.2, 0.25) is 5.88 Å². The Bertz CT molecular complexity index is 708. The van der Waals surface area contributed by atoms with Crippen LogP contribution in [0.25, 0.3) is 0 Å². The summed E-state index contributed by atoms with van der Waals surface area (Å²) < 4.78 is 12.6. The van der Waals surface area contributed by atoms with E-state index in [-0.39, 0.29) is 0 Å². The quantitative estimate of drug-likeness (QED) is 0.729. The summed E-state index contributed by atoms with van der Waals surface area (Å²) in [6.45, 7) is 1.85. The number of ether oxygens (including phenoxy) is 2. The Balaban J connectivity index is 2.38. The molecule has 110 valence electrons. The SMILES string of the molecule is COc1cc(Br)c(Oc2cc(C(N)=S)cc(C)n2)cc1Br. The van der Waals surface area contributed by atoms with Crippen LogP contribution in [0.5, 0.6) is 17.4 Å². The van der Waals surface area contributed by atoms with Crippen LogP contribution >= 0.6 is 44.1 Å². The number of hydrogen-bond acceptors (Lipinski definition) is 4. The van der Waals surface area contributed by atoms with E-state index in [0.717, 1.165) is 20.2 Å². The highest BCUT2D eigenvalue weighted by Crippen LogP contribution is 2.37. The van der Waals surface area contributed by atoms with E-state index >= 15 is 0 Å². The molecule has 2 rings (SSSR count). The molecule has 0 aliphatic heterocycles. The summed E-state index contributed by atoms with van der Waals surface area (Å²) in [6.07, 6.45) is 0. The molecule has 0 bridgehead atoms. The van der Waals surface area contributed by atoms with Gasteiger partial charge in [0.25, 0.3) is 0 Å². The Morgan fingerprint density at radius 3 is 2.38 bits per heavy atom. The summed E-state index contributed by atoms with van der Waals surface area (Å²) in [5.74, 6) is 1.74. The molecule has 1 aromatic heterocycles. The lowest BCUT2D eigenvalue weighted by molar-refractivity contribution is 0.408. The van der Waals surface area contributed by atoms with Crippen LogP contribution < -0.4 is 15.2 Å². The minimum absolute atomic E-state index is 0.306. The molecule has 0 radical (unpaired) electrons. The lowest BCUT2D eigenvalue weighted by Gasteiger charge is -2.11. The molecular weight excluding hydrogens is 420 g/mol. The molecule has 0 spiro atoms. The molecule has 0 saturated heterocycles. The molecule has 2 aromatic rings. The van der Waals surface area contributed by atoms with Crippen molar-refractivity contribution in [1.82, 2.24) is 4.98 Å². The smallest absolute Gasteiger partial charge is 0.220 e. The predicted molar refractivity (Wildman–Crippen MR) is 93.3 cm³/mol. The standard InChI is InChI=1S/C14H12Br2N2O2S/c1-7-3-8(14(17)21)4-13(18-7)20-12-6-9(15)11(19-2)5-10(12)16/h3-6H,1-2H3,(H2,17,21). The number of benzene rings is 1. The van der Waals surface area contributed by atoms with Gasteiger partial charge < -0.3 is 15.2 Å². The second kappa shape index (κ2) is 6.72. The number of methoxy groups -OCH3 is 1. The molecule has 0 amide bonds. The van der Waals surface area contributed by atoms with Gasteiger partial charge in [0, 0.05) is 17.3 Å². The van der Waals surface area contributed by atoms with Crippen LogP contribution in [0.4, 0.5) is 0 Å². The van der Waals surface area contributed by atoms with Crippen LogP contribution in [0.2, 0.25) is 0 Å². The lowest BCUT2D eigenvalue weighted by atomic mass is 10.2. The van der Waals surface area contributed by atoms with E-state index in [2.05, 4.69) is 36.8 Å². The molecule has 0 saturated carbocycles. The summed E-state index contributed by atoms with van der Waals surface area (Å²) >= 11 is 11.8. The van der Waals surface area contributed by atoms with Crippen LogP contribution in [0, 0.1) is 6.92 Å². The van der Waals surface area contributed by atoms with Crippen LogP contribution in [0.15, 0.2) is 33.2 Å². The van der Waals surface area contributed by atoms with Gasteiger partial charge in [-0.3, -0.25) is 0 Å². The number of nitrogens with two attached hydrogens (primary N) is 1. The first-order valence-corrected chi connectivity index (χ1v) is 7.89. The van der Waals surface area contributed by atoms with E-state index in [4.69, 9.17) is 27.4 Å². The number of aryl methyl sites for hydroxylation is 1. The third-order valence-corrected chi connectivity index (χ3v) is 4.11. The summed E-state index contributed by atoms with van der Waals surface area (Å²) in [4.78, 5) is 4.63. The van der Waals surface area contributed by atoms with Crippen LogP contribution in [0.3, 0.4) is 0 Å². The first-order chi connectivity index (χ1) is 9.90. The molecule has 1 aromatic carbocycles.